The number of nitrogens with zero attached hydrogens (tertiary/aromatic N) is 1. The fourth-order valence-electron chi connectivity index (χ4n) is 1.97. The number of hydrogen-bond acceptors (Lipinski definition) is 4. The minimum absolute atomic E-state index is 0.0277. The molecule has 6 nitrogen and oxygen atoms in total. The first-order valence-corrected chi connectivity index (χ1v) is 7.29. The maximum atomic E-state index is 12.9. The Kier molecular flexibility index (Phi) is 5.35. The molecule has 0 radical (unpaired) electrons. The van der Waals surface area contributed by atoms with Crippen molar-refractivity contribution in [2.75, 3.05) is 11.9 Å². The number of anilines is 1. The second kappa shape index (κ2) is 7.27. The molecule has 0 atom stereocenters. The lowest BCUT2D eigenvalue weighted by Crippen LogP contribution is -2.21. The first kappa shape index (κ1) is 17.7. The van der Waals surface area contributed by atoms with Crippen LogP contribution in [0.15, 0.2) is 30.3 Å². The van der Waals surface area contributed by atoms with E-state index in [9.17, 15) is 19.3 Å². The number of hydrogen-bond donors (Lipinski definition) is 1. The van der Waals surface area contributed by atoms with E-state index in [1.54, 1.807) is 13.8 Å². The molecule has 0 saturated heterocycles. The molecule has 0 aromatic heterocycles. The minimum atomic E-state index is -0.596. The summed E-state index contributed by atoms with van der Waals surface area (Å²) in [4.78, 5) is 22.5. The maximum absolute atomic E-state index is 12.9. The van der Waals surface area contributed by atoms with Crippen molar-refractivity contribution in [2.45, 2.75) is 13.8 Å². The van der Waals surface area contributed by atoms with E-state index in [0.717, 1.165) is 23.3 Å². The largest absolute Gasteiger partial charge is 0.482 e. The molecule has 0 aliphatic rings. The van der Waals surface area contributed by atoms with Crippen LogP contribution in [0.5, 0.6) is 5.75 Å². The standard InChI is InChI=1S/C16H14ClFN2O4/c1-9-5-13(14(20(22)23)6-10(9)2)19-16(21)8-24-15-4-3-11(18)7-12(15)17/h3-7H,8H2,1-2H3,(H,19,21). The smallest absolute Gasteiger partial charge is 0.293 e. The van der Waals surface area contributed by atoms with E-state index < -0.39 is 23.3 Å². The summed E-state index contributed by atoms with van der Waals surface area (Å²) in [6.45, 7) is 3.10. The number of ether oxygens (including phenoxy) is 1. The van der Waals surface area contributed by atoms with E-state index in [1.807, 2.05) is 0 Å². The van der Waals surface area contributed by atoms with Gasteiger partial charge in [0.15, 0.2) is 6.61 Å². The van der Waals surface area contributed by atoms with Crippen LogP contribution in [-0.2, 0) is 4.79 Å². The summed E-state index contributed by atoms with van der Waals surface area (Å²) in [6.07, 6.45) is 0. The molecule has 2 aromatic carbocycles. The lowest BCUT2D eigenvalue weighted by Gasteiger charge is -2.10. The summed E-state index contributed by atoms with van der Waals surface area (Å²) in [5.41, 5.74) is 1.43. The molecule has 8 heteroatoms. The molecule has 24 heavy (non-hydrogen) atoms. The number of carbonyl (C=O) groups excluding carboxylic acids is 1. The van der Waals surface area contributed by atoms with Crippen molar-refractivity contribution in [1.82, 2.24) is 0 Å². The van der Waals surface area contributed by atoms with E-state index in [4.69, 9.17) is 16.3 Å². The molecule has 0 aliphatic heterocycles. The predicted molar refractivity (Wildman–Crippen MR) is 88.1 cm³/mol. The second-order valence-electron chi connectivity index (χ2n) is 5.12. The van der Waals surface area contributed by atoms with Crippen molar-refractivity contribution in [1.29, 1.82) is 0 Å². The van der Waals surface area contributed by atoms with Crippen LogP contribution in [-0.4, -0.2) is 17.4 Å². The molecule has 2 rings (SSSR count). The number of halogens is 2. The van der Waals surface area contributed by atoms with Gasteiger partial charge in [0.05, 0.1) is 9.95 Å². The molecule has 0 aliphatic carbocycles. The molecule has 0 unspecified atom stereocenters. The van der Waals surface area contributed by atoms with Gasteiger partial charge in [-0.25, -0.2) is 4.39 Å². The number of nitro groups is 1. The molecule has 0 bridgehead atoms. The topological polar surface area (TPSA) is 81.5 Å². The Bertz CT molecular complexity index is 811. The number of nitrogens with one attached hydrogen (secondary N) is 1. The summed E-state index contributed by atoms with van der Waals surface area (Å²) < 4.78 is 18.1. The maximum Gasteiger partial charge on any atom is 0.293 e. The van der Waals surface area contributed by atoms with Gasteiger partial charge in [-0.1, -0.05) is 11.6 Å². The minimum Gasteiger partial charge on any atom is -0.482 e. The van der Waals surface area contributed by atoms with Gasteiger partial charge in [-0.2, -0.15) is 0 Å². The molecule has 0 heterocycles. The average Bonchev–Trinajstić information content (AvgIpc) is 2.49. The highest BCUT2D eigenvalue weighted by Crippen LogP contribution is 2.28. The second-order valence-corrected chi connectivity index (χ2v) is 5.53. The van der Waals surface area contributed by atoms with Gasteiger partial charge in [0.1, 0.15) is 17.3 Å². The van der Waals surface area contributed by atoms with E-state index in [2.05, 4.69) is 5.32 Å². The Labute approximate surface area is 142 Å². The summed E-state index contributed by atoms with van der Waals surface area (Å²) >= 11 is 5.79. The van der Waals surface area contributed by atoms with Crippen LogP contribution in [0.25, 0.3) is 0 Å². The predicted octanol–water partition coefficient (Wildman–Crippen LogP) is 4.02. The third kappa shape index (κ3) is 4.20. The Morgan fingerprint density at radius 3 is 2.58 bits per heavy atom. The van der Waals surface area contributed by atoms with E-state index in [0.29, 0.717) is 0 Å². The van der Waals surface area contributed by atoms with Crippen LogP contribution in [0.3, 0.4) is 0 Å². The monoisotopic (exact) mass is 352 g/mol. The number of carbonyl (C=O) groups is 1. The first-order chi connectivity index (χ1) is 11.3. The third-order valence-electron chi connectivity index (χ3n) is 3.34. The summed E-state index contributed by atoms with van der Waals surface area (Å²) in [5, 5.41) is 13.6. The Hall–Kier alpha value is -2.67. The van der Waals surface area contributed by atoms with Crippen LogP contribution in [0, 0.1) is 29.8 Å². The van der Waals surface area contributed by atoms with Gasteiger partial charge >= 0.3 is 0 Å². The molecular formula is C16H14ClFN2O4. The molecule has 1 N–H and O–H groups in total. The molecular weight excluding hydrogens is 339 g/mol. The lowest BCUT2D eigenvalue weighted by molar-refractivity contribution is -0.384. The Balaban J connectivity index is 2.10. The summed E-state index contributed by atoms with van der Waals surface area (Å²) in [5.74, 6) is -0.980. The van der Waals surface area contributed by atoms with Crippen LogP contribution >= 0.6 is 11.6 Å². The van der Waals surface area contributed by atoms with Crippen molar-refractivity contribution >= 4 is 28.9 Å². The normalized spacial score (nSPS) is 10.3. The zero-order valence-electron chi connectivity index (χ0n) is 12.9. The van der Waals surface area contributed by atoms with Crippen molar-refractivity contribution in [3.63, 3.8) is 0 Å². The van der Waals surface area contributed by atoms with Gasteiger partial charge in [-0.15, -0.1) is 0 Å². The van der Waals surface area contributed by atoms with Crippen LogP contribution in [0.4, 0.5) is 15.8 Å². The van der Waals surface area contributed by atoms with Gasteiger partial charge < -0.3 is 10.1 Å². The highest BCUT2D eigenvalue weighted by atomic mass is 35.5. The van der Waals surface area contributed by atoms with Gasteiger partial charge in [0.2, 0.25) is 0 Å². The van der Waals surface area contributed by atoms with Crippen molar-refractivity contribution in [3.8, 4) is 5.75 Å². The number of benzene rings is 2. The van der Waals surface area contributed by atoms with E-state index in [-0.39, 0.29) is 22.1 Å². The SMILES string of the molecule is Cc1cc(NC(=O)COc2ccc(F)cc2Cl)c([N+](=O)[O-])cc1C. The van der Waals surface area contributed by atoms with Gasteiger partial charge in [0, 0.05) is 6.07 Å². The first-order valence-electron chi connectivity index (χ1n) is 6.91. The highest BCUT2D eigenvalue weighted by Gasteiger charge is 2.18. The number of aryl methyl sites for hydroxylation is 2. The zero-order valence-corrected chi connectivity index (χ0v) is 13.7. The zero-order chi connectivity index (χ0) is 17.9. The molecule has 1 amide bonds. The van der Waals surface area contributed by atoms with Crippen molar-refractivity contribution in [2.24, 2.45) is 0 Å². The summed E-state index contributed by atoms with van der Waals surface area (Å²) in [6, 6.07) is 6.42. The Morgan fingerprint density at radius 2 is 1.96 bits per heavy atom. The molecule has 126 valence electrons. The number of amides is 1. The van der Waals surface area contributed by atoms with Crippen LogP contribution < -0.4 is 10.1 Å². The highest BCUT2D eigenvalue weighted by molar-refractivity contribution is 6.32. The van der Waals surface area contributed by atoms with E-state index in [1.165, 1.54) is 18.2 Å². The fourth-order valence-corrected chi connectivity index (χ4v) is 2.20. The lowest BCUT2D eigenvalue weighted by atomic mass is 10.1. The molecule has 0 saturated carbocycles. The number of rotatable bonds is 5. The van der Waals surface area contributed by atoms with Crippen LogP contribution in [0.2, 0.25) is 5.02 Å². The van der Waals surface area contributed by atoms with E-state index >= 15 is 0 Å². The van der Waals surface area contributed by atoms with Gasteiger partial charge in [0.25, 0.3) is 11.6 Å². The molecule has 0 fully saturated rings. The van der Waals surface area contributed by atoms with Gasteiger partial charge in [-0.3, -0.25) is 14.9 Å². The Morgan fingerprint density at radius 1 is 1.29 bits per heavy atom. The summed E-state index contributed by atoms with van der Waals surface area (Å²) in [7, 11) is 0. The van der Waals surface area contributed by atoms with Crippen molar-refractivity contribution < 1.29 is 18.8 Å². The average molecular weight is 353 g/mol. The molecule has 2 aromatic rings. The number of nitro benzene ring substituents is 1. The fraction of sp³-hybridized carbons (Fsp3) is 0.188. The quantitative estimate of drug-likeness (QED) is 0.650. The van der Waals surface area contributed by atoms with Crippen molar-refractivity contribution in [3.05, 3.63) is 62.4 Å². The third-order valence-corrected chi connectivity index (χ3v) is 3.63. The molecule has 0 spiro atoms. The van der Waals surface area contributed by atoms with Gasteiger partial charge in [-0.05, 0) is 49.2 Å². The van der Waals surface area contributed by atoms with Crippen LogP contribution in [0.1, 0.15) is 11.1 Å².